The average molecular weight is 395 g/mol. The highest BCUT2D eigenvalue weighted by Gasteiger charge is 2.26. The van der Waals surface area contributed by atoms with Gasteiger partial charge in [0.1, 0.15) is 6.61 Å². The zero-order valence-corrected chi connectivity index (χ0v) is 14.2. The third-order valence-electron chi connectivity index (χ3n) is 3.06. The molecule has 0 heterocycles. The summed E-state index contributed by atoms with van der Waals surface area (Å²) >= 11 is 11.9. The fraction of sp³-hybridized carbons (Fsp3) is 0.133. The molecule has 0 aliphatic carbocycles. The smallest absolute Gasteiger partial charge is 0.341 e. The van der Waals surface area contributed by atoms with Gasteiger partial charge >= 0.3 is 11.7 Å². The number of carbonyl (C=O) groups is 1. The number of esters is 1. The van der Waals surface area contributed by atoms with Crippen molar-refractivity contribution in [2.75, 3.05) is 0 Å². The third-order valence-corrected chi connectivity index (χ3v) is 5.17. The van der Waals surface area contributed by atoms with Crippen LogP contribution in [0.2, 0.25) is 10.0 Å². The first-order valence-electron chi connectivity index (χ1n) is 6.45. The molecule has 24 heavy (non-hydrogen) atoms. The van der Waals surface area contributed by atoms with E-state index in [2.05, 4.69) is 0 Å². The standard InChI is InChI=1S/C15H10Cl2F2O4S/c16-12-2-1-3-13(17)11(12)8-23-14(20)9-4-6-10(7-5-9)24(21,22)15(18)19/h1-7,15H,8H2. The van der Waals surface area contributed by atoms with E-state index in [0.29, 0.717) is 15.6 Å². The molecule has 0 atom stereocenters. The predicted octanol–water partition coefficient (Wildman–Crippen LogP) is 4.35. The second-order valence-electron chi connectivity index (χ2n) is 4.61. The Morgan fingerprint density at radius 3 is 2.08 bits per heavy atom. The topological polar surface area (TPSA) is 60.4 Å². The molecule has 128 valence electrons. The van der Waals surface area contributed by atoms with Gasteiger partial charge in [-0.25, -0.2) is 13.2 Å². The summed E-state index contributed by atoms with van der Waals surface area (Å²) < 4.78 is 52.5. The minimum Gasteiger partial charge on any atom is -0.457 e. The molecule has 2 aromatic rings. The number of rotatable bonds is 5. The highest BCUT2D eigenvalue weighted by Crippen LogP contribution is 2.25. The summed E-state index contributed by atoms with van der Waals surface area (Å²) in [6, 6.07) is 8.82. The van der Waals surface area contributed by atoms with Crippen molar-refractivity contribution < 1.29 is 26.7 Å². The van der Waals surface area contributed by atoms with E-state index in [-0.39, 0.29) is 12.2 Å². The summed E-state index contributed by atoms with van der Waals surface area (Å²) in [5, 5.41) is 0.655. The zero-order chi connectivity index (χ0) is 17.9. The van der Waals surface area contributed by atoms with Gasteiger partial charge in [-0.1, -0.05) is 29.3 Å². The zero-order valence-electron chi connectivity index (χ0n) is 11.9. The van der Waals surface area contributed by atoms with Crippen LogP contribution in [0.1, 0.15) is 15.9 Å². The molecule has 0 unspecified atom stereocenters. The Kier molecular flexibility index (Phi) is 5.79. The first-order valence-corrected chi connectivity index (χ1v) is 8.76. The van der Waals surface area contributed by atoms with Gasteiger partial charge < -0.3 is 4.74 Å². The molecule has 0 saturated heterocycles. The number of alkyl halides is 2. The Labute approximate surface area is 146 Å². The second-order valence-corrected chi connectivity index (χ2v) is 7.34. The Bertz CT molecular complexity index is 832. The Morgan fingerprint density at radius 1 is 1.04 bits per heavy atom. The number of halogens is 4. The van der Waals surface area contributed by atoms with Crippen LogP contribution in [0, 0.1) is 0 Å². The lowest BCUT2D eigenvalue weighted by Gasteiger charge is -2.09. The Morgan fingerprint density at radius 2 is 1.58 bits per heavy atom. The van der Waals surface area contributed by atoms with Crippen LogP contribution in [0.25, 0.3) is 0 Å². The van der Waals surface area contributed by atoms with E-state index in [0.717, 1.165) is 24.3 Å². The number of ether oxygens (including phenoxy) is 1. The molecule has 0 aliphatic rings. The van der Waals surface area contributed by atoms with E-state index in [1.807, 2.05) is 0 Å². The quantitative estimate of drug-likeness (QED) is 0.707. The van der Waals surface area contributed by atoms with Crippen LogP contribution in [-0.4, -0.2) is 20.1 Å². The van der Waals surface area contributed by atoms with Crippen molar-refractivity contribution in [3.05, 3.63) is 63.6 Å². The summed E-state index contributed by atoms with van der Waals surface area (Å²) in [7, 11) is -4.71. The molecule has 0 spiro atoms. The van der Waals surface area contributed by atoms with Crippen molar-refractivity contribution in [1.29, 1.82) is 0 Å². The molecule has 0 bridgehead atoms. The molecule has 9 heteroatoms. The maximum absolute atomic E-state index is 12.4. The van der Waals surface area contributed by atoms with E-state index < -0.39 is 26.5 Å². The van der Waals surface area contributed by atoms with Crippen molar-refractivity contribution in [1.82, 2.24) is 0 Å². The molecule has 4 nitrogen and oxygen atoms in total. The first-order chi connectivity index (χ1) is 11.2. The van der Waals surface area contributed by atoms with Crippen LogP contribution in [-0.2, 0) is 21.2 Å². The van der Waals surface area contributed by atoms with Gasteiger partial charge in [-0.05, 0) is 36.4 Å². The summed E-state index contributed by atoms with van der Waals surface area (Å²) in [6.07, 6.45) is 0. The summed E-state index contributed by atoms with van der Waals surface area (Å²) in [5.74, 6) is -4.30. The van der Waals surface area contributed by atoms with Gasteiger partial charge in [0.2, 0.25) is 9.84 Å². The van der Waals surface area contributed by atoms with Crippen LogP contribution >= 0.6 is 23.2 Å². The first kappa shape index (κ1) is 18.6. The number of hydrogen-bond donors (Lipinski definition) is 0. The van der Waals surface area contributed by atoms with Crippen molar-refractivity contribution >= 4 is 39.0 Å². The van der Waals surface area contributed by atoms with E-state index in [1.54, 1.807) is 18.2 Å². The maximum atomic E-state index is 12.4. The van der Waals surface area contributed by atoms with Crippen LogP contribution in [0.3, 0.4) is 0 Å². The van der Waals surface area contributed by atoms with Gasteiger partial charge in [-0.15, -0.1) is 0 Å². The number of sulfone groups is 1. The van der Waals surface area contributed by atoms with Crippen LogP contribution < -0.4 is 0 Å². The Balaban J connectivity index is 2.11. The molecule has 0 amide bonds. The average Bonchev–Trinajstić information content (AvgIpc) is 2.54. The minimum atomic E-state index is -4.71. The van der Waals surface area contributed by atoms with Crippen LogP contribution in [0.4, 0.5) is 8.78 Å². The molecule has 2 rings (SSSR count). The van der Waals surface area contributed by atoms with Gasteiger partial charge in [0.05, 0.1) is 10.5 Å². The van der Waals surface area contributed by atoms with Crippen LogP contribution in [0.5, 0.6) is 0 Å². The van der Waals surface area contributed by atoms with Crippen molar-refractivity contribution in [3.8, 4) is 0 Å². The van der Waals surface area contributed by atoms with Crippen molar-refractivity contribution in [2.24, 2.45) is 0 Å². The largest absolute Gasteiger partial charge is 0.457 e. The molecular formula is C15H10Cl2F2O4S. The molecular weight excluding hydrogens is 385 g/mol. The van der Waals surface area contributed by atoms with E-state index >= 15 is 0 Å². The van der Waals surface area contributed by atoms with Gasteiger partial charge in [0.25, 0.3) is 0 Å². The van der Waals surface area contributed by atoms with Gasteiger partial charge in [0.15, 0.2) is 0 Å². The van der Waals surface area contributed by atoms with Gasteiger partial charge in [-0.2, -0.15) is 8.78 Å². The number of benzene rings is 2. The fourth-order valence-electron chi connectivity index (χ4n) is 1.77. The maximum Gasteiger partial charge on any atom is 0.341 e. The summed E-state index contributed by atoms with van der Waals surface area (Å²) in [5.41, 5.74) is 0.428. The monoisotopic (exact) mass is 394 g/mol. The SMILES string of the molecule is O=C(OCc1c(Cl)cccc1Cl)c1ccc(S(=O)(=O)C(F)F)cc1. The second kappa shape index (κ2) is 7.46. The number of hydrogen-bond acceptors (Lipinski definition) is 4. The molecule has 0 aromatic heterocycles. The van der Waals surface area contributed by atoms with Crippen LogP contribution in [0.15, 0.2) is 47.4 Å². The van der Waals surface area contributed by atoms with E-state index in [4.69, 9.17) is 27.9 Å². The predicted molar refractivity (Wildman–Crippen MR) is 85.2 cm³/mol. The molecule has 0 saturated carbocycles. The van der Waals surface area contributed by atoms with E-state index in [1.165, 1.54) is 0 Å². The molecule has 0 radical (unpaired) electrons. The molecule has 0 N–H and O–H groups in total. The summed E-state index contributed by atoms with van der Waals surface area (Å²) in [6.45, 7) is -0.186. The highest BCUT2D eigenvalue weighted by molar-refractivity contribution is 7.91. The lowest BCUT2D eigenvalue weighted by molar-refractivity contribution is 0.0473. The van der Waals surface area contributed by atoms with Gasteiger partial charge in [0, 0.05) is 15.6 Å². The molecule has 0 aliphatic heterocycles. The highest BCUT2D eigenvalue weighted by atomic mass is 35.5. The third kappa shape index (κ3) is 4.03. The van der Waals surface area contributed by atoms with E-state index in [9.17, 15) is 22.0 Å². The van der Waals surface area contributed by atoms with Crippen molar-refractivity contribution in [3.63, 3.8) is 0 Å². The van der Waals surface area contributed by atoms with Crippen molar-refractivity contribution in [2.45, 2.75) is 17.3 Å². The lowest BCUT2D eigenvalue weighted by atomic mass is 10.2. The fourth-order valence-corrected chi connectivity index (χ4v) is 3.00. The normalized spacial score (nSPS) is 11.5. The minimum absolute atomic E-state index is 0.00592. The molecule has 2 aromatic carbocycles. The number of carbonyl (C=O) groups excluding carboxylic acids is 1. The summed E-state index contributed by atoms with van der Waals surface area (Å²) in [4.78, 5) is 11.3. The Hall–Kier alpha value is -1.70. The lowest BCUT2D eigenvalue weighted by Crippen LogP contribution is -2.12. The van der Waals surface area contributed by atoms with Gasteiger partial charge in [-0.3, -0.25) is 0 Å². The molecule has 0 fully saturated rings.